The van der Waals surface area contributed by atoms with Crippen LogP contribution in [0.4, 0.5) is 5.69 Å². The Bertz CT molecular complexity index is 997. The zero-order valence-electron chi connectivity index (χ0n) is 19.9. The number of hydrogen-bond donors (Lipinski definition) is 3. The minimum atomic E-state index is -1.44. The molecule has 2 aromatic rings. The lowest BCUT2D eigenvalue weighted by molar-refractivity contribution is -0.134. The molecule has 1 unspecified atom stereocenters. The third-order valence-corrected chi connectivity index (χ3v) is 6.14. The summed E-state index contributed by atoms with van der Waals surface area (Å²) >= 11 is 0. The Hall–Kier alpha value is -3.11. The van der Waals surface area contributed by atoms with E-state index in [0.29, 0.717) is 29.3 Å². The monoisotopic (exact) mass is 471 g/mol. The lowest BCUT2D eigenvalue weighted by Gasteiger charge is -2.39. The predicted octanol–water partition coefficient (Wildman–Crippen LogP) is 1.53. The van der Waals surface area contributed by atoms with Crippen LogP contribution in [0.5, 0.6) is 5.75 Å². The number of benzene rings is 1. The average molecular weight is 472 g/mol. The standard InChI is InChI=1S/C24H33N5O5/c1-24(2,14-28-8-10-29(11-9-28)23(32)16-4-5-16)27-22(31)21(30)26-17-6-7-18(19(12-17)33-3)20-13-25-15-34-20/h6-7,12-13,15-16,21,26,30H,4-5,8-11,14H2,1-3H3,(H,27,31). The maximum absolute atomic E-state index is 12.7. The van der Waals surface area contributed by atoms with Crippen molar-refractivity contribution in [2.24, 2.45) is 5.92 Å². The number of rotatable bonds is 9. The Kier molecular flexibility index (Phi) is 7.08. The van der Waals surface area contributed by atoms with Crippen LogP contribution in [-0.2, 0) is 9.59 Å². The Morgan fingerprint density at radius 2 is 2.00 bits per heavy atom. The van der Waals surface area contributed by atoms with Crippen molar-refractivity contribution in [1.82, 2.24) is 20.1 Å². The molecule has 3 N–H and O–H groups in total. The number of aliphatic hydroxyl groups is 1. The van der Waals surface area contributed by atoms with E-state index in [2.05, 4.69) is 20.5 Å². The number of methoxy groups -OCH3 is 1. The maximum Gasteiger partial charge on any atom is 0.270 e. The minimum Gasteiger partial charge on any atom is -0.496 e. The van der Waals surface area contributed by atoms with Gasteiger partial charge in [-0.25, -0.2) is 4.98 Å². The van der Waals surface area contributed by atoms with E-state index in [1.807, 2.05) is 18.7 Å². The van der Waals surface area contributed by atoms with Gasteiger partial charge in [0.1, 0.15) is 5.75 Å². The lowest BCUT2D eigenvalue weighted by Crippen LogP contribution is -2.58. The Labute approximate surface area is 199 Å². The van der Waals surface area contributed by atoms with Crippen LogP contribution >= 0.6 is 0 Å². The highest BCUT2D eigenvalue weighted by molar-refractivity contribution is 5.84. The van der Waals surface area contributed by atoms with Crippen LogP contribution in [0.2, 0.25) is 0 Å². The fourth-order valence-electron chi connectivity index (χ4n) is 4.27. The van der Waals surface area contributed by atoms with E-state index in [0.717, 1.165) is 39.0 Å². The summed E-state index contributed by atoms with van der Waals surface area (Å²) < 4.78 is 10.7. The lowest BCUT2D eigenvalue weighted by atomic mass is 10.0. The molecule has 2 aliphatic rings. The number of hydrogen-bond acceptors (Lipinski definition) is 8. The van der Waals surface area contributed by atoms with Gasteiger partial charge in [-0.3, -0.25) is 14.5 Å². The van der Waals surface area contributed by atoms with Crippen LogP contribution in [0.25, 0.3) is 11.3 Å². The van der Waals surface area contributed by atoms with E-state index < -0.39 is 17.7 Å². The molecule has 2 fully saturated rings. The first-order valence-electron chi connectivity index (χ1n) is 11.6. The molecule has 2 amide bonds. The second-order valence-electron chi connectivity index (χ2n) is 9.58. The molecule has 4 rings (SSSR count). The zero-order chi connectivity index (χ0) is 24.3. The summed E-state index contributed by atoms with van der Waals surface area (Å²) in [5.41, 5.74) is 0.678. The largest absolute Gasteiger partial charge is 0.496 e. The van der Waals surface area contributed by atoms with E-state index in [9.17, 15) is 14.7 Å². The number of carbonyl (C=O) groups excluding carboxylic acids is 2. The molecule has 0 bridgehead atoms. The summed E-state index contributed by atoms with van der Waals surface area (Å²) in [4.78, 5) is 33.0. The first-order chi connectivity index (χ1) is 16.3. The van der Waals surface area contributed by atoms with Gasteiger partial charge in [-0.15, -0.1) is 0 Å². The molecular weight excluding hydrogens is 438 g/mol. The first-order valence-corrected chi connectivity index (χ1v) is 11.6. The van der Waals surface area contributed by atoms with Gasteiger partial charge in [0.15, 0.2) is 12.2 Å². The van der Waals surface area contributed by atoms with Crippen LogP contribution in [0.3, 0.4) is 0 Å². The number of amides is 2. The third-order valence-electron chi connectivity index (χ3n) is 6.14. The second kappa shape index (κ2) is 10.0. The number of carbonyl (C=O) groups is 2. The molecule has 1 saturated heterocycles. The number of aromatic nitrogens is 1. The van der Waals surface area contributed by atoms with Gasteiger partial charge in [-0.1, -0.05) is 0 Å². The molecule has 10 nitrogen and oxygen atoms in total. The number of nitrogens with zero attached hydrogens (tertiary/aromatic N) is 3. The minimum absolute atomic E-state index is 0.245. The molecule has 1 aromatic heterocycles. The molecule has 2 heterocycles. The molecule has 1 atom stereocenters. The van der Waals surface area contributed by atoms with E-state index in [1.165, 1.54) is 13.5 Å². The fourth-order valence-corrected chi connectivity index (χ4v) is 4.27. The van der Waals surface area contributed by atoms with Gasteiger partial charge in [-0.2, -0.15) is 0 Å². The van der Waals surface area contributed by atoms with Gasteiger partial charge in [0, 0.05) is 55.9 Å². The Balaban J connectivity index is 1.28. The number of anilines is 1. The van der Waals surface area contributed by atoms with Crippen LogP contribution in [0.15, 0.2) is 35.2 Å². The highest BCUT2D eigenvalue weighted by Gasteiger charge is 2.35. The fraction of sp³-hybridized carbons (Fsp3) is 0.542. The highest BCUT2D eigenvalue weighted by atomic mass is 16.5. The van der Waals surface area contributed by atoms with Crippen molar-refractivity contribution in [2.45, 2.75) is 38.5 Å². The molecular formula is C24H33N5O5. The average Bonchev–Trinajstić information content (AvgIpc) is 3.52. The van der Waals surface area contributed by atoms with Crippen LogP contribution < -0.4 is 15.4 Å². The van der Waals surface area contributed by atoms with Crippen LogP contribution in [-0.4, -0.2) is 83.3 Å². The van der Waals surface area contributed by atoms with Crippen LogP contribution in [0.1, 0.15) is 26.7 Å². The number of aliphatic hydroxyl groups excluding tert-OH is 1. The number of nitrogens with one attached hydrogen (secondary N) is 2. The van der Waals surface area contributed by atoms with Gasteiger partial charge in [0.25, 0.3) is 5.91 Å². The van der Waals surface area contributed by atoms with Crippen molar-refractivity contribution in [1.29, 1.82) is 0 Å². The Morgan fingerprint density at radius 3 is 2.62 bits per heavy atom. The van der Waals surface area contributed by atoms with Crippen molar-refractivity contribution in [3.8, 4) is 17.1 Å². The smallest absolute Gasteiger partial charge is 0.270 e. The van der Waals surface area contributed by atoms with E-state index >= 15 is 0 Å². The summed E-state index contributed by atoms with van der Waals surface area (Å²) in [5.74, 6) is 1.09. The molecule has 34 heavy (non-hydrogen) atoms. The van der Waals surface area contributed by atoms with Crippen molar-refractivity contribution in [2.75, 3.05) is 45.2 Å². The normalized spacial score (nSPS) is 17.8. The van der Waals surface area contributed by atoms with E-state index in [4.69, 9.17) is 9.15 Å². The van der Waals surface area contributed by atoms with Gasteiger partial charge in [0.2, 0.25) is 12.1 Å². The highest BCUT2D eigenvalue weighted by Crippen LogP contribution is 2.33. The molecule has 1 aromatic carbocycles. The van der Waals surface area contributed by atoms with Gasteiger partial charge in [0.05, 0.1) is 18.9 Å². The molecule has 1 aliphatic heterocycles. The summed E-state index contributed by atoms with van der Waals surface area (Å²) in [6.45, 7) is 7.45. The first kappa shape index (κ1) is 24.0. The topological polar surface area (TPSA) is 120 Å². The van der Waals surface area contributed by atoms with Crippen molar-refractivity contribution in [3.05, 3.63) is 30.8 Å². The summed E-state index contributed by atoms with van der Waals surface area (Å²) in [7, 11) is 1.53. The number of ether oxygens (including phenoxy) is 1. The van der Waals surface area contributed by atoms with Gasteiger partial charge in [-0.05, 0) is 38.8 Å². The molecule has 10 heteroatoms. The van der Waals surface area contributed by atoms with Crippen LogP contribution in [0, 0.1) is 5.92 Å². The quantitative estimate of drug-likeness (QED) is 0.471. The second-order valence-corrected chi connectivity index (χ2v) is 9.58. The number of piperazine rings is 1. The van der Waals surface area contributed by atoms with Crippen molar-refractivity contribution in [3.63, 3.8) is 0 Å². The summed E-state index contributed by atoms with van der Waals surface area (Å²) in [6.07, 6.45) is 3.53. The van der Waals surface area contributed by atoms with E-state index in [-0.39, 0.29) is 11.8 Å². The zero-order valence-corrected chi connectivity index (χ0v) is 19.9. The van der Waals surface area contributed by atoms with Gasteiger partial charge >= 0.3 is 0 Å². The molecule has 1 saturated carbocycles. The molecule has 1 aliphatic carbocycles. The van der Waals surface area contributed by atoms with Crippen molar-refractivity contribution >= 4 is 17.5 Å². The maximum atomic E-state index is 12.7. The predicted molar refractivity (Wildman–Crippen MR) is 126 cm³/mol. The molecule has 184 valence electrons. The molecule has 0 spiro atoms. The third kappa shape index (κ3) is 5.87. The van der Waals surface area contributed by atoms with Gasteiger partial charge < -0.3 is 29.8 Å². The Morgan fingerprint density at radius 1 is 1.26 bits per heavy atom. The molecule has 0 radical (unpaired) electrons. The van der Waals surface area contributed by atoms with Crippen molar-refractivity contribution < 1.29 is 23.8 Å². The summed E-state index contributed by atoms with van der Waals surface area (Å²) in [6, 6.07) is 5.18. The SMILES string of the molecule is COc1cc(NC(O)C(=O)NC(C)(C)CN2CCN(C(=O)C3CC3)CC2)ccc1-c1cnco1. The summed E-state index contributed by atoms with van der Waals surface area (Å²) in [5, 5.41) is 16.2. The van der Waals surface area contributed by atoms with E-state index in [1.54, 1.807) is 24.4 Å². The number of oxazole rings is 1.